The molecule has 1 aromatic carbocycles. The number of halogens is 3. The highest BCUT2D eigenvalue weighted by Crippen LogP contribution is 2.29. The molecule has 3 rings (SSSR count). The number of nitrogens with zero attached hydrogens (tertiary/aromatic N) is 3. The van der Waals surface area contributed by atoms with E-state index in [0.29, 0.717) is 11.4 Å². The minimum Gasteiger partial charge on any atom is -0.399 e. The minimum absolute atomic E-state index is 0.156. The summed E-state index contributed by atoms with van der Waals surface area (Å²) in [5, 5.41) is 2.75. The fourth-order valence-corrected chi connectivity index (χ4v) is 2.14. The number of hydrogen-bond donors (Lipinski definition) is 2. The number of alkyl halides is 3. The molecule has 2 aromatic heterocycles. The zero-order valence-corrected chi connectivity index (χ0v) is 12.2. The third-order valence-corrected chi connectivity index (χ3v) is 3.17. The van der Waals surface area contributed by atoms with Crippen molar-refractivity contribution < 1.29 is 13.2 Å². The van der Waals surface area contributed by atoms with Crippen molar-refractivity contribution in [2.75, 3.05) is 11.1 Å². The van der Waals surface area contributed by atoms with Gasteiger partial charge in [0.2, 0.25) is 5.95 Å². The van der Waals surface area contributed by atoms with Gasteiger partial charge in [-0.05, 0) is 47.5 Å². The highest BCUT2D eigenvalue weighted by atomic mass is 19.4. The summed E-state index contributed by atoms with van der Waals surface area (Å²) in [6.07, 6.45) is -0.200. The second-order valence-corrected chi connectivity index (χ2v) is 4.97. The van der Waals surface area contributed by atoms with Gasteiger partial charge in [0, 0.05) is 30.0 Å². The van der Waals surface area contributed by atoms with Crippen molar-refractivity contribution in [1.29, 1.82) is 0 Å². The number of nitrogen functional groups attached to an aromatic ring is 1. The van der Waals surface area contributed by atoms with Crippen molar-refractivity contribution in [2.45, 2.75) is 6.18 Å². The molecule has 0 saturated heterocycles. The summed E-state index contributed by atoms with van der Waals surface area (Å²) in [6.45, 7) is 0. The van der Waals surface area contributed by atoms with Gasteiger partial charge in [-0.3, -0.25) is 4.98 Å². The molecule has 0 radical (unpaired) electrons. The third-order valence-electron chi connectivity index (χ3n) is 3.17. The highest BCUT2D eigenvalue weighted by molar-refractivity contribution is 5.74. The van der Waals surface area contributed by atoms with E-state index in [2.05, 4.69) is 20.3 Å². The molecule has 0 bridgehead atoms. The van der Waals surface area contributed by atoms with Gasteiger partial charge in [0.05, 0.1) is 0 Å². The standard InChI is InChI=1S/C16H12F3N5/c17-16(18,19)14-3-6-22-15(24-14)23-13-8-11(7-12(20)9-13)10-1-4-21-5-2-10/h1-9H,20H2,(H,22,23,24). The Hall–Kier alpha value is -3.16. The second-order valence-electron chi connectivity index (χ2n) is 4.97. The maximum absolute atomic E-state index is 12.7. The van der Waals surface area contributed by atoms with Gasteiger partial charge in [0.1, 0.15) is 5.69 Å². The lowest BCUT2D eigenvalue weighted by molar-refractivity contribution is -0.141. The van der Waals surface area contributed by atoms with Crippen LogP contribution >= 0.6 is 0 Å². The van der Waals surface area contributed by atoms with E-state index >= 15 is 0 Å². The van der Waals surface area contributed by atoms with Crippen LogP contribution in [0.1, 0.15) is 5.69 Å². The summed E-state index contributed by atoms with van der Waals surface area (Å²) < 4.78 is 38.1. The molecule has 0 unspecified atom stereocenters. The molecule has 3 N–H and O–H groups in total. The number of anilines is 3. The lowest BCUT2D eigenvalue weighted by Gasteiger charge is -2.11. The summed E-state index contributed by atoms with van der Waals surface area (Å²) in [4.78, 5) is 11.2. The number of nitrogens with one attached hydrogen (secondary N) is 1. The molecule has 0 aliphatic heterocycles. The number of nitrogens with two attached hydrogens (primary N) is 1. The van der Waals surface area contributed by atoms with Crippen LogP contribution in [0.25, 0.3) is 11.1 Å². The SMILES string of the molecule is Nc1cc(Nc2nccc(C(F)(F)F)n2)cc(-c2ccncc2)c1. The molecule has 0 amide bonds. The smallest absolute Gasteiger partial charge is 0.399 e. The van der Waals surface area contributed by atoms with Crippen LogP contribution in [-0.4, -0.2) is 15.0 Å². The van der Waals surface area contributed by atoms with Crippen molar-refractivity contribution in [3.8, 4) is 11.1 Å². The van der Waals surface area contributed by atoms with Gasteiger partial charge < -0.3 is 11.1 Å². The van der Waals surface area contributed by atoms with Gasteiger partial charge in [-0.2, -0.15) is 13.2 Å². The molecule has 2 heterocycles. The molecule has 0 aliphatic carbocycles. The Bertz CT molecular complexity index is 850. The number of rotatable bonds is 3. The van der Waals surface area contributed by atoms with E-state index in [4.69, 9.17) is 5.73 Å². The number of aromatic nitrogens is 3. The van der Waals surface area contributed by atoms with Crippen molar-refractivity contribution >= 4 is 17.3 Å². The van der Waals surface area contributed by atoms with Crippen molar-refractivity contribution in [2.24, 2.45) is 0 Å². The Balaban J connectivity index is 1.92. The summed E-state index contributed by atoms with van der Waals surface area (Å²) in [6, 6.07) is 9.52. The van der Waals surface area contributed by atoms with Gasteiger partial charge in [0.25, 0.3) is 0 Å². The van der Waals surface area contributed by atoms with Crippen LogP contribution in [0.5, 0.6) is 0 Å². The fourth-order valence-electron chi connectivity index (χ4n) is 2.14. The van der Waals surface area contributed by atoms with Crippen LogP contribution in [0.3, 0.4) is 0 Å². The van der Waals surface area contributed by atoms with Crippen LogP contribution in [0, 0.1) is 0 Å². The molecule has 5 nitrogen and oxygen atoms in total. The quantitative estimate of drug-likeness (QED) is 0.712. The van der Waals surface area contributed by atoms with Gasteiger partial charge in [-0.1, -0.05) is 0 Å². The molecule has 8 heteroatoms. The maximum atomic E-state index is 12.7. The molecule has 0 spiro atoms. The summed E-state index contributed by atoms with van der Waals surface area (Å²) in [5.41, 5.74) is 7.48. The van der Waals surface area contributed by atoms with Crippen LogP contribution in [-0.2, 0) is 6.18 Å². The summed E-state index contributed by atoms with van der Waals surface area (Å²) >= 11 is 0. The highest BCUT2D eigenvalue weighted by Gasteiger charge is 2.32. The first-order valence-corrected chi connectivity index (χ1v) is 6.90. The van der Waals surface area contributed by atoms with Crippen molar-refractivity contribution in [1.82, 2.24) is 15.0 Å². The normalized spacial score (nSPS) is 11.3. The summed E-state index contributed by atoms with van der Waals surface area (Å²) in [7, 11) is 0. The van der Waals surface area contributed by atoms with Gasteiger partial charge in [-0.25, -0.2) is 9.97 Å². The Morgan fingerprint density at radius 1 is 0.917 bits per heavy atom. The Morgan fingerprint density at radius 2 is 1.67 bits per heavy atom. The van der Waals surface area contributed by atoms with Crippen molar-refractivity contribution in [3.63, 3.8) is 0 Å². The molecule has 3 aromatic rings. The van der Waals surface area contributed by atoms with E-state index in [-0.39, 0.29) is 5.95 Å². The fraction of sp³-hybridized carbons (Fsp3) is 0.0625. The summed E-state index contributed by atoms with van der Waals surface area (Å²) in [5.74, 6) is -0.156. The van der Waals surface area contributed by atoms with E-state index in [1.54, 1.807) is 42.7 Å². The predicted molar refractivity (Wildman–Crippen MR) is 84.4 cm³/mol. The first-order chi connectivity index (χ1) is 11.4. The van der Waals surface area contributed by atoms with Crippen LogP contribution in [0.15, 0.2) is 55.0 Å². The lowest BCUT2D eigenvalue weighted by Crippen LogP contribution is -2.10. The third kappa shape index (κ3) is 3.60. The molecular weight excluding hydrogens is 319 g/mol. The number of pyridine rings is 1. The topological polar surface area (TPSA) is 76.7 Å². The zero-order valence-electron chi connectivity index (χ0n) is 12.2. The molecule has 24 heavy (non-hydrogen) atoms. The molecule has 0 atom stereocenters. The number of hydrogen-bond acceptors (Lipinski definition) is 5. The van der Waals surface area contributed by atoms with E-state index in [1.165, 1.54) is 0 Å². The van der Waals surface area contributed by atoms with Crippen LogP contribution in [0.2, 0.25) is 0 Å². The molecule has 0 aliphatic rings. The average Bonchev–Trinajstić information content (AvgIpc) is 2.54. The largest absolute Gasteiger partial charge is 0.433 e. The Morgan fingerprint density at radius 3 is 2.38 bits per heavy atom. The molecular formula is C16H12F3N5. The van der Waals surface area contributed by atoms with Crippen LogP contribution in [0.4, 0.5) is 30.5 Å². The monoisotopic (exact) mass is 331 g/mol. The first kappa shape index (κ1) is 15.7. The van der Waals surface area contributed by atoms with Crippen molar-refractivity contribution in [3.05, 3.63) is 60.7 Å². The van der Waals surface area contributed by atoms with Gasteiger partial charge >= 0.3 is 6.18 Å². The predicted octanol–water partition coefficient (Wildman–Crippen LogP) is 3.88. The van der Waals surface area contributed by atoms with E-state index in [1.807, 2.05) is 0 Å². The van der Waals surface area contributed by atoms with E-state index < -0.39 is 11.9 Å². The molecule has 0 fully saturated rings. The first-order valence-electron chi connectivity index (χ1n) is 6.90. The maximum Gasteiger partial charge on any atom is 0.433 e. The van der Waals surface area contributed by atoms with Crippen LogP contribution < -0.4 is 11.1 Å². The van der Waals surface area contributed by atoms with Gasteiger partial charge in [-0.15, -0.1) is 0 Å². The zero-order chi connectivity index (χ0) is 17.2. The van der Waals surface area contributed by atoms with E-state index in [9.17, 15) is 13.2 Å². The Labute approximate surface area is 135 Å². The van der Waals surface area contributed by atoms with E-state index in [0.717, 1.165) is 23.4 Å². The van der Waals surface area contributed by atoms with Gasteiger partial charge in [0.15, 0.2) is 0 Å². The molecule has 0 saturated carbocycles. The average molecular weight is 331 g/mol. The lowest BCUT2D eigenvalue weighted by atomic mass is 10.1. The number of benzene rings is 1. The second kappa shape index (κ2) is 6.15. The Kier molecular flexibility index (Phi) is 4.03. The minimum atomic E-state index is -4.53. The molecule has 122 valence electrons.